The summed E-state index contributed by atoms with van der Waals surface area (Å²) in [5.74, 6) is 2.50. The molecule has 0 fully saturated rings. The molecule has 0 saturated carbocycles. The molecule has 1 heterocycles. The molecule has 1 aromatic rings. The summed E-state index contributed by atoms with van der Waals surface area (Å²) in [5.41, 5.74) is 6.03. The Morgan fingerprint density at radius 3 is 2.47 bits per heavy atom. The Morgan fingerprint density at radius 2 is 2.00 bits per heavy atom. The van der Waals surface area contributed by atoms with Crippen LogP contribution in [-0.4, -0.2) is 39.3 Å². The maximum Gasteiger partial charge on any atom is 0.146 e. The smallest absolute Gasteiger partial charge is 0.146 e. The van der Waals surface area contributed by atoms with Crippen LogP contribution in [0.1, 0.15) is 31.9 Å². The molecule has 0 aliphatic heterocycles. The fourth-order valence-electron chi connectivity index (χ4n) is 1.61. The van der Waals surface area contributed by atoms with Gasteiger partial charge in [0, 0.05) is 13.1 Å². The molecule has 0 aromatic carbocycles. The third-order valence-electron chi connectivity index (χ3n) is 3.29. The van der Waals surface area contributed by atoms with Crippen molar-refractivity contribution in [1.29, 1.82) is 0 Å². The van der Waals surface area contributed by atoms with Gasteiger partial charge in [0.25, 0.3) is 0 Å². The summed E-state index contributed by atoms with van der Waals surface area (Å²) in [7, 11) is 4.09. The zero-order valence-electron chi connectivity index (χ0n) is 11.6. The summed E-state index contributed by atoms with van der Waals surface area (Å²) in [5, 5.41) is 8.21. The molecule has 0 bridgehead atoms. The van der Waals surface area contributed by atoms with Gasteiger partial charge in [-0.3, -0.25) is 4.90 Å². The molecule has 17 heavy (non-hydrogen) atoms. The van der Waals surface area contributed by atoms with Crippen LogP contribution in [0.15, 0.2) is 0 Å². The van der Waals surface area contributed by atoms with Crippen LogP contribution in [0.25, 0.3) is 0 Å². The van der Waals surface area contributed by atoms with Crippen molar-refractivity contribution in [3.05, 3.63) is 11.6 Å². The summed E-state index contributed by atoms with van der Waals surface area (Å²) in [4.78, 5) is 2.24. The average molecular weight is 239 g/mol. The normalized spacial score (nSPS) is 13.6. The van der Waals surface area contributed by atoms with Crippen molar-refractivity contribution in [3.63, 3.8) is 0 Å². The maximum atomic E-state index is 6.03. The minimum absolute atomic E-state index is 0.277. The summed E-state index contributed by atoms with van der Waals surface area (Å²) in [6.07, 6.45) is 1.02. The zero-order valence-corrected chi connectivity index (χ0v) is 11.6. The number of nitrogens with two attached hydrogens (primary N) is 1. The van der Waals surface area contributed by atoms with Crippen LogP contribution in [0.2, 0.25) is 0 Å². The Bertz CT molecular complexity index is 345. The van der Waals surface area contributed by atoms with Crippen molar-refractivity contribution in [2.75, 3.05) is 13.6 Å². The minimum Gasteiger partial charge on any atom is -0.327 e. The summed E-state index contributed by atoms with van der Waals surface area (Å²) >= 11 is 0. The van der Waals surface area contributed by atoms with Crippen LogP contribution in [0.3, 0.4) is 0 Å². The molecule has 0 spiro atoms. The molecule has 0 aliphatic carbocycles. The second-order valence-electron chi connectivity index (χ2n) is 5.16. The van der Waals surface area contributed by atoms with Crippen molar-refractivity contribution in [2.45, 2.75) is 39.8 Å². The van der Waals surface area contributed by atoms with E-state index in [4.69, 9.17) is 5.73 Å². The molecule has 0 saturated heterocycles. The topological polar surface area (TPSA) is 60.0 Å². The highest BCUT2D eigenvalue weighted by Crippen LogP contribution is 2.06. The second-order valence-corrected chi connectivity index (χ2v) is 5.16. The molecule has 98 valence electrons. The van der Waals surface area contributed by atoms with Gasteiger partial charge in [-0.1, -0.05) is 13.8 Å². The van der Waals surface area contributed by atoms with Gasteiger partial charge in [-0.2, -0.15) is 0 Å². The lowest BCUT2D eigenvalue weighted by Gasteiger charge is -2.20. The van der Waals surface area contributed by atoms with E-state index in [-0.39, 0.29) is 6.04 Å². The van der Waals surface area contributed by atoms with Crippen LogP contribution < -0.4 is 5.73 Å². The first kappa shape index (κ1) is 14.1. The Morgan fingerprint density at radius 1 is 1.35 bits per heavy atom. The lowest BCUT2D eigenvalue weighted by molar-refractivity contribution is 0.287. The van der Waals surface area contributed by atoms with Gasteiger partial charge < -0.3 is 10.3 Å². The SMILES string of the molecule is Cc1nnc(CN(C)CCC(N)C(C)C)n1C. The van der Waals surface area contributed by atoms with Crippen LogP contribution in [0.4, 0.5) is 0 Å². The third kappa shape index (κ3) is 4.09. The van der Waals surface area contributed by atoms with Crippen LogP contribution in [0, 0.1) is 12.8 Å². The highest BCUT2D eigenvalue weighted by atomic mass is 15.3. The molecular formula is C12H25N5. The Kier molecular flexibility index (Phi) is 5.08. The molecule has 1 atom stereocenters. The Hall–Kier alpha value is -0.940. The van der Waals surface area contributed by atoms with Crippen molar-refractivity contribution in [3.8, 4) is 0 Å². The molecule has 1 unspecified atom stereocenters. The van der Waals surface area contributed by atoms with Gasteiger partial charge >= 0.3 is 0 Å². The minimum atomic E-state index is 0.277. The van der Waals surface area contributed by atoms with Gasteiger partial charge in [0.05, 0.1) is 6.54 Å². The largest absolute Gasteiger partial charge is 0.327 e. The fraction of sp³-hybridized carbons (Fsp3) is 0.833. The number of rotatable bonds is 6. The van der Waals surface area contributed by atoms with Gasteiger partial charge in [-0.25, -0.2) is 0 Å². The zero-order chi connectivity index (χ0) is 13.0. The van der Waals surface area contributed by atoms with Gasteiger partial charge in [-0.05, 0) is 32.9 Å². The van der Waals surface area contributed by atoms with E-state index in [1.54, 1.807) is 0 Å². The summed E-state index contributed by atoms with van der Waals surface area (Å²) < 4.78 is 2.03. The fourth-order valence-corrected chi connectivity index (χ4v) is 1.61. The molecule has 1 aromatic heterocycles. The standard InChI is InChI=1S/C12H25N5/c1-9(2)11(13)6-7-16(4)8-12-15-14-10(3)17(12)5/h9,11H,6-8,13H2,1-5H3. The van der Waals surface area contributed by atoms with Crippen LogP contribution >= 0.6 is 0 Å². The highest BCUT2D eigenvalue weighted by molar-refractivity contribution is 4.92. The van der Waals surface area contributed by atoms with Crippen molar-refractivity contribution >= 4 is 0 Å². The molecule has 0 aliphatic rings. The van der Waals surface area contributed by atoms with Crippen molar-refractivity contribution < 1.29 is 0 Å². The predicted octanol–water partition coefficient (Wildman–Crippen LogP) is 0.929. The van der Waals surface area contributed by atoms with E-state index >= 15 is 0 Å². The first-order valence-corrected chi connectivity index (χ1v) is 6.20. The Balaban J connectivity index is 2.40. The van der Waals surface area contributed by atoms with E-state index in [9.17, 15) is 0 Å². The van der Waals surface area contributed by atoms with Crippen molar-refractivity contribution in [1.82, 2.24) is 19.7 Å². The number of hydrogen-bond acceptors (Lipinski definition) is 4. The van der Waals surface area contributed by atoms with E-state index < -0.39 is 0 Å². The van der Waals surface area contributed by atoms with Crippen LogP contribution in [0.5, 0.6) is 0 Å². The second kappa shape index (κ2) is 6.12. The molecule has 5 heteroatoms. The third-order valence-corrected chi connectivity index (χ3v) is 3.29. The number of aryl methyl sites for hydroxylation is 1. The molecular weight excluding hydrogens is 214 g/mol. The van der Waals surface area contributed by atoms with E-state index in [1.807, 2.05) is 18.5 Å². The maximum absolute atomic E-state index is 6.03. The lowest BCUT2D eigenvalue weighted by Crippen LogP contribution is -2.32. The van der Waals surface area contributed by atoms with Gasteiger partial charge in [0.1, 0.15) is 11.6 Å². The van der Waals surface area contributed by atoms with E-state index in [0.29, 0.717) is 5.92 Å². The molecule has 2 N–H and O–H groups in total. The first-order valence-electron chi connectivity index (χ1n) is 6.20. The van der Waals surface area contributed by atoms with E-state index in [2.05, 4.69) is 36.0 Å². The predicted molar refractivity (Wildman–Crippen MR) is 69.5 cm³/mol. The molecule has 0 radical (unpaired) electrons. The summed E-state index contributed by atoms with van der Waals surface area (Å²) in [6.45, 7) is 8.10. The number of nitrogens with zero attached hydrogens (tertiary/aromatic N) is 4. The lowest BCUT2D eigenvalue weighted by atomic mass is 10.0. The van der Waals surface area contributed by atoms with Crippen molar-refractivity contribution in [2.24, 2.45) is 18.7 Å². The van der Waals surface area contributed by atoms with Gasteiger partial charge in [-0.15, -0.1) is 10.2 Å². The van der Waals surface area contributed by atoms with Gasteiger partial charge in [0.15, 0.2) is 0 Å². The van der Waals surface area contributed by atoms with Gasteiger partial charge in [0.2, 0.25) is 0 Å². The molecule has 5 nitrogen and oxygen atoms in total. The van der Waals surface area contributed by atoms with E-state index in [0.717, 1.165) is 31.2 Å². The molecule has 0 amide bonds. The quantitative estimate of drug-likeness (QED) is 0.802. The number of aromatic nitrogens is 3. The Labute approximate surface area is 104 Å². The monoisotopic (exact) mass is 239 g/mol. The summed E-state index contributed by atoms with van der Waals surface area (Å²) in [6, 6.07) is 0.277. The molecule has 1 rings (SSSR count). The van der Waals surface area contributed by atoms with Crippen LogP contribution in [-0.2, 0) is 13.6 Å². The first-order chi connectivity index (χ1) is 7.91. The number of hydrogen-bond donors (Lipinski definition) is 1. The highest BCUT2D eigenvalue weighted by Gasteiger charge is 2.11. The average Bonchev–Trinajstić information content (AvgIpc) is 2.57. The van der Waals surface area contributed by atoms with E-state index in [1.165, 1.54) is 0 Å².